The van der Waals surface area contributed by atoms with Gasteiger partial charge in [0.05, 0.1) is 18.3 Å². The smallest absolute Gasteiger partial charge is 0.404 e. The van der Waals surface area contributed by atoms with Gasteiger partial charge in [-0.3, -0.25) is 4.79 Å². The summed E-state index contributed by atoms with van der Waals surface area (Å²) in [6.07, 6.45) is 2.17. The van der Waals surface area contributed by atoms with Gasteiger partial charge in [-0.1, -0.05) is 13.8 Å². The average molecular weight is 519 g/mol. The zero-order valence-electron chi connectivity index (χ0n) is 22.3. The van der Waals surface area contributed by atoms with E-state index in [4.69, 9.17) is 14.8 Å². The number of aryl methyl sites for hydroxylation is 1. The highest BCUT2D eigenvalue weighted by Gasteiger charge is 2.28. The highest BCUT2D eigenvalue weighted by Crippen LogP contribution is 2.35. The number of nitrogens with one attached hydrogen (secondary N) is 1. The number of aromatic nitrogens is 4. The number of hydrogen-bond acceptors (Lipinski definition) is 5. The fourth-order valence-electron chi connectivity index (χ4n) is 5.48. The molecule has 200 valence electrons. The second kappa shape index (κ2) is 10.4. The molecule has 1 aromatic carbocycles. The predicted octanol–water partition coefficient (Wildman–Crippen LogP) is 4.61. The molecule has 3 aromatic heterocycles. The van der Waals surface area contributed by atoms with E-state index in [1.807, 2.05) is 12.1 Å². The van der Waals surface area contributed by atoms with Gasteiger partial charge in [0.2, 0.25) is 0 Å². The molecule has 0 bridgehead atoms. The van der Waals surface area contributed by atoms with E-state index < -0.39 is 6.09 Å². The maximum absolute atomic E-state index is 13.5. The molecule has 1 aliphatic rings. The zero-order valence-corrected chi connectivity index (χ0v) is 22.3. The van der Waals surface area contributed by atoms with Gasteiger partial charge in [-0.2, -0.15) is 0 Å². The van der Waals surface area contributed by atoms with Gasteiger partial charge in [0.1, 0.15) is 16.9 Å². The summed E-state index contributed by atoms with van der Waals surface area (Å²) >= 11 is 0. The van der Waals surface area contributed by atoms with Crippen LogP contribution in [0.1, 0.15) is 44.0 Å². The van der Waals surface area contributed by atoms with Gasteiger partial charge in [0.25, 0.3) is 5.91 Å². The van der Waals surface area contributed by atoms with Crippen molar-refractivity contribution in [2.24, 2.45) is 5.92 Å². The van der Waals surface area contributed by atoms with Crippen LogP contribution in [0.4, 0.5) is 4.79 Å². The van der Waals surface area contributed by atoms with E-state index in [1.54, 1.807) is 24.3 Å². The second-order valence-corrected chi connectivity index (χ2v) is 10.2. The number of rotatable bonds is 7. The molecule has 10 heteroatoms. The first-order valence-electron chi connectivity index (χ1n) is 13.1. The number of ether oxygens (including phenoxy) is 1. The van der Waals surface area contributed by atoms with Gasteiger partial charge < -0.3 is 29.2 Å². The minimum Gasteiger partial charge on any atom is -0.494 e. The van der Waals surface area contributed by atoms with Crippen molar-refractivity contribution in [1.82, 2.24) is 29.3 Å². The SMILES string of the molecule is CCn1c(-c2nc3cc(C(=O)N4CCCC(NC(=O)O)C4)cc(OC)c3n2CC(C)C)cc2cccnc21. The first-order valence-corrected chi connectivity index (χ1v) is 13.1. The molecule has 1 aliphatic heterocycles. The van der Waals surface area contributed by atoms with E-state index >= 15 is 0 Å². The molecule has 4 heterocycles. The molecule has 0 saturated carbocycles. The minimum absolute atomic E-state index is 0.158. The summed E-state index contributed by atoms with van der Waals surface area (Å²) in [5, 5.41) is 12.7. The van der Waals surface area contributed by atoms with Crippen molar-refractivity contribution in [3.05, 3.63) is 42.1 Å². The van der Waals surface area contributed by atoms with Crippen molar-refractivity contribution in [1.29, 1.82) is 0 Å². The molecule has 0 spiro atoms. The number of carbonyl (C=O) groups is 2. The summed E-state index contributed by atoms with van der Waals surface area (Å²) in [4.78, 5) is 36.0. The lowest BCUT2D eigenvalue weighted by atomic mass is 10.0. The molecule has 0 radical (unpaired) electrons. The number of likely N-dealkylation sites (tertiary alicyclic amines) is 1. The summed E-state index contributed by atoms with van der Waals surface area (Å²) in [6.45, 7) is 8.79. The van der Waals surface area contributed by atoms with Crippen molar-refractivity contribution in [3.8, 4) is 17.3 Å². The number of amides is 2. The Hall–Kier alpha value is -4.08. The third kappa shape index (κ3) is 4.66. The average Bonchev–Trinajstić information content (AvgIpc) is 3.45. The molecule has 1 atom stereocenters. The summed E-state index contributed by atoms with van der Waals surface area (Å²) in [6, 6.07) is 9.42. The van der Waals surface area contributed by atoms with Crippen LogP contribution >= 0.6 is 0 Å². The largest absolute Gasteiger partial charge is 0.494 e. The Kier molecular flexibility index (Phi) is 6.96. The predicted molar refractivity (Wildman–Crippen MR) is 146 cm³/mol. The third-order valence-corrected chi connectivity index (χ3v) is 7.06. The summed E-state index contributed by atoms with van der Waals surface area (Å²) in [7, 11) is 1.61. The number of carboxylic acid groups (broad SMARTS) is 1. The van der Waals surface area contributed by atoms with Gasteiger partial charge in [-0.05, 0) is 56.0 Å². The molecule has 1 fully saturated rings. The normalized spacial score (nSPS) is 15.9. The number of nitrogens with zero attached hydrogens (tertiary/aromatic N) is 5. The molecule has 4 aromatic rings. The maximum Gasteiger partial charge on any atom is 0.404 e. The molecule has 5 rings (SSSR count). The van der Waals surface area contributed by atoms with Gasteiger partial charge in [0, 0.05) is 49.4 Å². The van der Waals surface area contributed by atoms with Crippen molar-refractivity contribution < 1.29 is 19.4 Å². The van der Waals surface area contributed by atoms with Gasteiger partial charge in [-0.15, -0.1) is 0 Å². The maximum atomic E-state index is 13.5. The van der Waals surface area contributed by atoms with E-state index in [0.717, 1.165) is 47.6 Å². The number of imidazole rings is 1. The number of benzene rings is 1. The van der Waals surface area contributed by atoms with Crippen molar-refractivity contribution in [3.63, 3.8) is 0 Å². The first kappa shape index (κ1) is 25.6. The van der Waals surface area contributed by atoms with Crippen molar-refractivity contribution in [2.45, 2.75) is 52.7 Å². The lowest BCUT2D eigenvalue weighted by Crippen LogP contribution is -2.49. The quantitative estimate of drug-likeness (QED) is 0.369. The highest BCUT2D eigenvalue weighted by molar-refractivity contribution is 6.00. The van der Waals surface area contributed by atoms with E-state index in [0.29, 0.717) is 42.3 Å². The number of fused-ring (bicyclic) bond motifs is 2. The first-order chi connectivity index (χ1) is 18.3. The van der Waals surface area contributed by atoms with Crippen LogP contribution in [0.15, 0.2) is 36.5 Å². The zero-order chi connectivity index (χ0) is 27.0. The Labute approximate surface area is 221 Å². The number of carbonyl (C=O) groups excluding carboxylic acids is 1. The summed E-state index contributed by atoms with van der Waals surface area (Å²) < 4.78 is 10.2. The van der Waals surface area contributed by atoms with E-state index in [-0.39, 0.29) is 11.9 Å². The van der Waals surface area contributed by atoms with Crippen molar-refractivity contribution in [2.75, 3.05) is 20.2 Å². The van der Waals surface area contributed by atoms with Crippen molar-refractivity contribution >= 4 is 34.1 Å². The second-order valence-electron chi connectivity index (χ2n) is 10.2. The van der Waals surface area contributed by atoms with Crippen LogP contribution in [0.2, 0.25) is 0 Å². The molecule has 1 unspecified atom stereocenters. The molecule has 0 aliphatic carbocycles. The number of piperidine rings is 1. The van der Waals surface area contributed by atoms with Crippen LogP contribution in [0.3, 0.4) is 0 Å². The third-order valence-electron chi connectivity index (χ3n) is 7.06. The van der Waals surface area contributed by atoms with E-state index in [1.165, 1.54) is 0 Å². The fourth-order valence-corrected chi connectivity index (χ4v) is 5.48. The van der Waals surface area contributed by atoms with Crippen LogP contribution in [-0.2, 0) is 13.1 Å². The van der Waals surface area contributed by atoms with Crippen LogP contribution in [0.25, 0.3) is 33.6 Å². The monoisotopic (exact) mass is 518 g/mol. The Bertz CT molecular complexity index is 1500. The molecular weight excluding hydrogens is 484 g/mol. The van der Waals surface area contributed by atoms with E-state index in [2.05, 4.69) is 52.3 Å². The lowest BCUT2D eigenvalue weighted by molar-refractivity contribution is 0.0692. The number of pyridine rings is 1. The lowest BCUT2D eigenvalue weighted by Gasteiger charge is -2.32. The standard InChI is InChI=1S/C28H34N6O4/c1-5-33-22(13-18-8-6-10-29-25(18)33)26-31-21-12-19(14-23(38-4)24(21)34(26)15-17(2)3)27(35)32-11-7-9-20(16-32)30-28(36)37/h6,8,10,12-14,17,20,30H,5,7,9,11,15-16H2,1-4H3,(H,36,37). The summed E-state index contributed by atoms with van der Waals surface area (Å²) in [5.74, 6) is 1.58. The number of hydrogen-bond donors (Lipinski definition) is 2. The number of methoxy groups -OCH3 is 1. The van der Waals surface area contributed by atoms with Crippen LogP contribution in [0.5, 0.6) is 5.75 Å². The van der Waals surface area contributed by atoms with Crippen LogP contribution in [0, 0.1) is 5.92 Å². The summed E-state index contributed by atoms with van der Waals surface area (Å²) in [5.41, 5.74) is 3.88. The molecule has 2 amide bonds. The molecular formula is C28H34N6O4. The Morgan fingerprint density at radius 1 is 1.24 bits per heavy atom. The van der Waals surface area contributed by atoms with Gasteiger partial charge in [-0.25, -0.2) is 14.8 Å². The fraction of sp³-hybridized carbons (Fsp3) is 0.429. The topological polar surface area (TPSA) is 115 Å². The Morgan fingerprint density at radius 2 is 2.05 bits per heavy atom. The van der Waals surface area contributed by atoms with Crippen LogP contribution in [-0.4, -0.2) is 67.4 Å². The van der Waals surface area contributed by atoms with Crippen LogP contribution < -0.4 is 10.1 Å². The molecule has 2 N–H and O–H groups in total. The Balaban J connectivity index is 1.62. The molecule has 1 saturated heterocycles. The Morgan fingerprint density at radius 3 is 2.76 bits per heavy atom. The molecule has 38 heavy (non-hydrogen) atoms. The van der Waals surface area contributed by atoms with Gasteiger partial charge in [0.15, 0.2) is 5.82 Å². The molecule has 10 nitrogen and oxygen atoms in total. The highest BCUT2D eigenvalue weighted by atomic mass is 16.5. The minimum atomic E-state index is -1.07. The van der Waals surface area contributed by atoms with Gasteiger partial charge >= 0.3 is 6.09 Å². The van der Waals surface area contributed by atoms with E-state index in [9.17, 15) is 9.59 Å².